The second-order valence-electron chi connectivity index (χ2n) is 7.75. The highest BCUT2D eigenvalue weighted by molar-refractivity contribution is 5.92. The van der Waals surface area contributed by atoms with Crippen LogP contribution in [0.25, 0.3) is 0 Å². The SMILES string of the molecule is CC(C)(C)c1cc(C(=O)N2CCCC2c2noc(C3CC3)n2)no1. The van der Waals surface area contributed by atoms with Crippen molar-refractivity contribution in [2.24, 2.45) is 0 Å². The standard InChI is InChI=1S/C17H22N4O3/c1-17(2,3)13-9-11(19-23-13)16(22)21-8-4-5-12(21)14-18-15(24-20-14)10-6-7-10/h9-10,12H,4-8H2,1-3H3. The molecule has 0 aromatic carbocycles. The Kier molecular flexibility index (Phi) is 3.47. The molecule has 0 bridgehead atoms. The van der Waals surface area contributed by atoms with Crippen LogP contribution >= 0.6 is 0 Å². The predicted octanol–water partition coefficient (Wildman–Crippen LogP) is 3.21. The van der Waals surface area contributed by atoms with Gasteiger partial charge in [-0.3, -0.25) is 4.79 Å². The molecule has 2 fully saturated rings. The number of rotatable bonds is 3. The fraction of sp³-hybridized carbons (Fsp3) is 0.647. The van der Waals surface area contributed by atoms with Gasteiger partial charge in [0.1, 0.15) is 5.76 Å². The van der Waals surface area contributed by atoms with E-state index < -0.39 is 0 Å². The summed E-state index contributed by atoms with van der Waals surface area (Å²) in [5.41, 5.74) is 0.167. The van der Waals surface area contributed by atoms with Crippen molar-refractivity contribution in [1.29, 1.82) is 0 Å². The van der Waals surface area contributed by atoms with Crippen LogP contribution in [0, 0.1) is 0 Å². The van der Waals surface area contributed by atoms with Crippen molar-refractivity contribution in [3.05, 3.63) is 29.2 Å². The number of carbonyl (C=O) groups is 1. The van der Waals surface area contributed by atoms with Gasteiger partial charge in [-0.1, -0.05) is 31.1 Å². The Morgan fingerprint density at radius 1 is 1.21 bits per heavy atom. The lowest BCUT2D eigenvalue weighted by Crippen LogP contribution is -2.31. The zero-order valence-electron chi connectivity index (χ0n) is 14.3. The minimum absolute atomic E-state index is 0.130. The van der Waals surface area contributed by atoms with Gasteiger partial charge in [-0.05, 0) is 25.7 Å². The van der Waals surface area contributed by atoms with Crippen molar-refractivity contribution < 1.29 is 13.8 Å². The fourth-order valence-corrected chi connectivity index (χ4v) is 3.03. The quantitative estimate of drug-likeness (QED) is 0.859. The van der Waals surface area contributed by atoms with Crippen LogP contribution in [0.1, 0.15) is 86.4 Å². The lowest BCUT2D eigenvalue weighted by molar-refractivity contribution is 0.0717. The van der Waals surface area contributed by atoms with Gasteiger partial charge in [0.15, 0.2) is 11.5 Å². The van der Waals surface area contributed by atoms with E-state index in [0.717, 1.165) is 25.7 Å². The molecule has 1 atom stereocenters. The molecule has 0 spiro atoms. The lowest BCUT2D eigenvalue weighted by Gasteiger charge is -2.20. The van der Waals surface area contributed by atoms with Gasteiger partial charge < -0.3 is 13.9 Å². The van der Waals surface area contributed by atoms with Crippen LogP contribution in [0.5, 0.6) is 0 Å². The molecule has 0 radical (unpaired) electrons. The summed E-state index contributed by atoms with van der Waals surface area (Å²) in [6, 6.07) is 1.60. The second kappa shape index (κ2) is 5.43. The van der Waals surface area contributed by atoms with E-state index in [-0.39, 0.29) is 17.4 Å². The van der Waals surface area contributed by atoms with Crippen molar-refractivity contribution >= 4 is 5.91 Å². The van der Waals surface area contributed by atoms with Crippen molar-refractivity contribution in [3.8, 4) is 0 Å². The Morgan fingerprint density at radius 2 is 2.00 bits per heavy atom. The minimum atomic E-state index is -0.178. The lowest BCUT2D eigenvalue weighted by atomic mass is 9.93. The third kappa shape index (κ3) is 2.72. The molecule has 1 saturated heterocycles. The number of nitrogens with zero attached hydrogens (tertiary/aromatic N) is 4. The highest BCUT2D eigenvalue weighted by Gasteiger charge is 2.37. The summed E-state index contributed by atoms with van der Waals surface area (Å²) in [4.78, 5) is 19.1. The van der Waals surface area contributed by atoms with E-state index in [0.29, 0.717) is 35.6 Å². The maximum Gasteiger partial charge on any atom is 0.276 e. The normalized spacial score (nSPS) is 21.5. The van der Waals surface area contributed by atoms with Crippen LogP contribution in [0.15, 0.2) is 15.1 Å². The molecule has 2 aliphatic rings. The summed E-state index contributed by atoms with van der Waals surface area (Å²) < 4.78 is 10.7. The Balaban J connectivity index is 1.55. The van der Waals surface area contributed by atoms with Crippen molar-refractivity contribution in [2.75, 3.05) is 6.54 Å². The summed E-state index contributed by atoms with van der Waals surface area (Å²) >= 11 is 0. The maximum absolute atomic E-state index is 12.8. The van der Waals surface area contributed by atoms with Gasteiger partial charge in [0.2, 0.25) is 5.89 Å². The third-order valence-electron chi connectivity index (χ3n) is 4.66. The van der Waals surface area contributed by atoms with E-state index in [2.05, 4.69) is 15.3 Å². The third-order valence-corrected chi connectivity index (χ3v) is 4.66. The summed E-state index contributed by atoms with van der Waals surface area (Å²) in [5.74, 6) is 2.32. The van der Waals surface area contributed by atoms with Crippen LogP contribution in [0.2, 0.25) is 0 Å². The first-order valence-corrected chi connectivity index (χ1v) is 8.55. The van der Waals surface area contributed by atoms with Gasteiger partial charge in [0.25, 0.3) is 5.91 Å². The van der Waals surface area contributed by atoms with Crippen LogP contribution < -0.4 is 0 Å². The van der Waals surface area contributed by atoms with E-state index in [1.807, 2.05) is 20.8 Å². The van der Waals surface area contributed by atoms with E-state index in [4.69, 9.17) is 9.05 Å². The number of aromatic nitrogens is 3. The number of carbonyl (C=O) groups excluding carboxylic acids is 1. The molecule has 3 heterocycles. The Labute approximate surface area is 140 Å². The Bertz CT molecular complexity index is 754. The first-order valence-electron chi connectivity index (χ1n) is 8.55. The highest BCUT2D eigenvalue weighted by Crippen LogP contribution is 2.40. The van der Waals surface area contributed by atoms with Crippen LogP contribution in [-0.2, 0) is 5.41 Å². The summed E-state index contributed by atoms with van der Waals surface area (Å²) in [6.45, 7) is 6.76. The van der Waals surface area contributed by atoms with Crippen LogP contribution in [-0.4, -0.2) is 32.6 Å². The van der Waals surface area contributed by atoms with E-state index in [1.54, 1.807) is 11.0 Å². The molecule has 1 unspecified atom stereocenters. The van der Waals surface area contributed by atoms with Gasteiger partial charge in [0.05, 0.1) is 6.04 Å². The Hall–Kier alpha value is -2.18. The predicted molar refractivity (Wildman–Crippen MR) is 84.5 cm³/mol. The molecule has 7 nitrogen and oxygen atoms in total. The van der Waals surface area contributed by atoms with Crippen molar-refractivity contribution in [1.82, 2.24) is 20.2 Å². The Morgan fingerprint density at radius 3 is 2.67 bits per heavy atom. The molecule has 2 aromatic heterocycles. The monoisotopic (exact) mass is 330 g/mol. The average Bonchev–Trinajstić information content (AvgIpc) is 3.02. The highest BCUT2D eigenvalue weighted by atomic mass is 16.5. The molecule has 128 valence electrons. The summed E-state index contributed by atoms with van der Waals surface area (Å²) in [7, 11) is 0. The summed E-state index contributed by atoms with van der Waals surface area (Å²) in [6.07, 6.45) is 4.00. The van der Waals surface area contributed by atoms with Gasteiger partial charge >= 0.3 is 0 Å². The molecule has 2 aromatic rings. The van der Waals surface area contributed by atoms with Gasteiger partial charge in [-0.15, -0.1) is 0 Å². The topological polar surface area (TPSA) is 85.3 Å². The van der Waals surface area contributed by atoms with Gasteiger partial charge in [-0.25, -0.2) is 0 Å². The maximum atomic E-state index is 12.8. The average molecular weight is 330 g/mol. The molecule has 1 aliphatic carbocycles. The second-order valence-corrected chi connectivity index (χ2v) is 7.75. The zero-order chi connectivity index (χ0) is 16.9. The molecule has 1 amide bonds. The van der Waals surface area contributed by atoms with Gasteiger partial charge in [0, 0.05) is 23.9 Å². The first kappa shape index (κ1) is 15.4. The number of hydrogen-bond acceptors (Lipinski definition) is 6. The number of likely N-dealkylation sites (tertiary alicyclic amines) is 1. The molecular weight excluding hydrogens is 308 g/mol. The van der Waals surface area contributed by atoms with E-state index in [9.17, 15) is 4.79 Å². The smallest absolute Gasteiger partial charge is 0.276 e. The fourth-order valence-electron chi connectivity index (χ4n) is 3.03. The zero-order valence-corrected chi connectivity index (χ0v) is 14.3. The molecule has 7 heteroatoms. The van der Waals surface area contributed by atoms with Crippen LogP contribution in [0.3, 0.4) is 0 Å². The first-order chi connectivity index (χ1) is 11.4. The van der Waals surface area contributed by atoms with Crippen LogP contribution in [0.4, 0.5) is 0 Å². The number of amides is 1. The summed E-state index contributed by atoms with van der Waals surface area (Å²) in [5, 5.41) is 8.07. The van der Waals surface area contributed by atoms with E-state index in [1.165, 1.54) is 0 Å². The molecular formula is C17H22N4O3. The van der Waals surface area contributed by atoms with Gasteiger partial charge in [-0.2, -0.15) is 4.98 Å². The molecule has 4 rings (SSSR count). The molecule has 1 saturated carbocycles. The largest absolute Gasteiger partial charge is 0.360 e. The molecule has 1 aliphatic heterocycles. The van der Waals surface area contributed by atoms with Crippen molar-refractivity contribution in [2.45, 2.75) is 63.8 Å². The molecule has 24 heavy (non-hydrogen) atoms. The molecule has 0 N–H and O–H groups in total. The minimum Gasteiger partial charge on any atom is -0.360 e. The van der Waals surface area contributed by atoms with E-state index >= 15 is 0 Å². The van der Waals surface area contributed by atoms with Crippen molar-refractivity contribution in [3.63, 3.8) is 0 Å². The number of hydrogen-bond donors (Lipinski definition) is 0.